The van der Waals surface area contributed by atoms with E-state index in [0.29, 0.717) is 18.3 Å². The molecule has 0 N–H and O–H groups in total. The molecule has 1 heterocycles. The van der Waals surface area contributed by atoms with Crippen molar-refractivity contribution in [3.63, 3.8) is 0 Å². The lowest BCUT2D eigenvalue weighted by Gasteiger charge is -2.17. The average Bonchev–Trinajstić information content (AvgIpc) is 3.45. The predicted octanol–water partition coefficient (Wildman–Crippen LogP) is 7.03. The van der Waals surface area contributed by atoms with Gasteiger partial charge in [-0.15, -0.1) is 0 Å². The maximum atomic E-state index is 13.9. The molecule has 5 nitrogen and oxygen atoms in total. The largest absolute Gasteiger partial charge is 0.490 e. The van der Waals surface area contributed by atoms with E-state index in [1.54, 1.807) is 4.57 Å². The molecule has 3 aromatic rings. The summed E-state index contributed by atoms with van der Waals surface area (Å²) < 4.78 is 7.84. The first-order chi connectivity index (χ1) is 18.6. The second-order valence-corrected chi connectivity index (χ2v) is 10.3. The lowest BCUT2D eigenvalue weighted by molar-refractivity contribution is 0.210. The Labute approximate surface area is 225 Å². The zero-order valence-corrected chi connectivity index (χ0v) is 22.4. The Balaban J connectivity index is 1.43. The maximum Gasteiger partial charge on any atom is 0.261 e. The van der Waals surface area contributed by atoms with Crippen LogP contribution in [0.4, 0.5) is 0 Å². The summed E-state index contributed by atoms with van der Waals surface area (Å²) in [5.41, 5.74) is 6.23. The highest BCUT2D eigenvalue weighted by Gasteiger charge is 2.19. The number of hydrogen-bond acceptors (Lipinski definition) is 4. The third kappa shape index (κ3) is 5.50. The number of hydrogen-bond donors (Lipinski definition) is 0. The maximum absolute atomic E-state index is 13.9. The smallest absolute Gasteiger partial charge is 0.261 e. The van der Waals surface area contributed by atoms with Gasteiger partial charge in [0.2, 0.25) is 0 Å². The Hall–Kier alpha value is -3.91. The fourth-order valence-corrected chi connectivity index (χ4v) is 5.58. The van der Waals surface area contributed by atoms with Crippen LogP contribution in [0.1, 0.15) is 80.1 Å². The molecule has 2 aliphatic carbocycles. The number of aryl methyl sites for hydroxylation is 2. The van der Waals surface area contributed by atoms with Crippen molar-refractivity contribution in [3.05, 3.63) is 105 Å². The number of aromatic nitrogens is 2. The summed E-state index contributed by atoms with van der Waals surface area (Å²) in [6.07, 6.45) is 13.2. The van der Waals surface area contributed by atoms with Crippen LogP contribution in [0.15, 0.2) is 71.1 Å². The molecular formula is C33H35N3O2. The molecule has 0 saturated heterocycles. The predicted molar refractivity (Wildman–Crippen MR) is 152 cm³/mol. The molecule has 0 atom stereocenters. The lowest BCUT2D eigenvalue weighted by atomic mass is 9.91. The van der Waals surface area contributed by atoms with Gasteiger partial charge in [-0.05, 0) is 92.8 Å². The molecule has 5 heteroatoms. The normalized spacial score (nSPS) is 15.6. The molecule has 0 spiro atoms. The summed E-state index contributed by atoms with van der Waals surface area (Å²) in [6.45, 7) is 4.02. The van der Waals surface area contributed by atoms with Crippen LogP contribution in [0.5, 0.6) is 5.75 Å². The van der Waals surface area contributed by atoms with Crippen molar-refractivity contribution in [1.29, 1.82) is 5.26 Å². The number of nitrogens with zero attached hydrogens (tertiary/aromatic N) is 3. The van der Waals surface area contributed by atoms with Gasteiger partial charge in [-0.2, -0.15) is 5.26 Å². The lowest BCUT2D eigenvalue weighted by Crippen LogP contribution is -2.28. The molecule has 1 saturated carbocycles. The van der Waals surface area contributed by atoms with Crippen LogP contribution in [0.25, 0.3) is 11.3 Å². The van der Waals surface area contributed by atoms with Crippen molar-refractivity contribution in [2.45, 2.75) is 77.7 Å². The highest BCUT2D eigenvalue weighted by atomic mass is 16.5. The van der Waals surface area contributed by atoms with Crippen molar-refractivity contribution >= 4 is 5.57 Å². The van der Waals surface area contributed by atoms with Gasteiger partial charge in [-0.3, -0.25) is 9.36 Å². The molecule has 0 bridgehead atoms. The molecule has 5 rings (SSSR count). The summed E-state index contributed by atoms with van der Waals surface area (Å²) in [4.78, 5) is 18.8. The second kappa shape index (κ2) is 11.6. The minimum Gasteiger partial charge on any atom is -0.490 e. The van der Waals surface area contributed by atoms with E-state index in [2.05, 4.69) is 43.3 Å². The van der Waals surface area contributed by atoms with Crippen molar-refractivity contribution in [2.75, 3.05) is 0 Å². The van der Waals surface area contributed by atoms with E-state index < -0.39 is 0 Å². The van der Waals surface area contributed by atoms with Crippen LogP contribution in [-0.4, -0.2) is 15.7 Å². The van der Waals surface area contributed by atoms with Crippen molar-refractivity contribution in [2.24, 2.45) is 0 Å². The number of nitriles is 1. The fourth-order valence-electron chi connectivity index (χ4n) is 5.58. The summed E-state index contributed by atoms with van der Waals surface area (Å²) in [6, 6.07) is 18.4. The molecule has 0 radical (unpaired) electrons. The first kappa shape index (κ1) is 25.7. The molecule has 38 heavy (non-hydrogen) atoms. The monoisotopic (exact) mass is 505 g/mol. The first-order valence-electron chi connectivity index (χ1n) is 13.9. The van der Waals surface area contributed by atoms with Gasteiger partial charge < -0.3 is 4.74 Å². The quantitative estimate of drug-likeness (QED) is 0.329. The zero-order valence-electron chi connectivity index (χ0n) is 22.4. The summed E-state index contributed by atoms with van der Waals surface area (Å²) >= 11 is 0. The molecule has 0 unspecified atom stereocenters. The van der Waals surface area contributed by atoms with Gasteiger partial charge in [0, 0.05) is 12.0 Å². The molecule has 0 amide bonds. The Morgan fingerprint density at radius 1 is 1.03 bits per heavy atom. The second-order valence-electron chi connectivity index (χ2n) is 10.3. The Morgan fingerprint density at radius 2 is 1.74 bits per heavy atom. The van der Waals surface area contributed by atoms with Crippen molar-refractivity contribution in [3.8, 4) is 17.5 Å². The van der Waals surface area contributed by atoms with Crippen LogP contribution in [0.3, 0.4) is 0 Å². The molecule has 2 aromatic carbocycles. The van der Waals surface area contributed by atoms with Gasteiger partial charge in [-0.25, -0.2) is 4.98 Å². The number of rotatable bonds is 8. The molecule has 2 aliphatic rings. The van der Waals surface area contributed by atoms with Gasteiger partial charge in [-0.1, -0.05) is 49.8 Å². The van der Waals surface area contributed by atoms with E-state index in [0.717, 1.165) is 83.5 Å². The van der Waals surface area contributed by atoms with Crippen molar-refractivity contribution < 1.29 is 4.74 Å². The summed E-state index contributed by atoms with van der Waals surface area (Å²) in [7, 11) is 0. The van der Waals surface area contributed by atoms with Gasteiger partial charge in [0.05, 0.1) is 29.1 Å². The van der Waals surface area contributed by atoms with E-state index in [1.807, 2.05) is 37.3 Å². The number of benzene rings is 2. The minimum atomic E-state index is -0.0147. The molecule has 194 valence electrons. The van der Waals surface area contributed by atoms with E-state index in [-0.39, 0.29) is 5.56 Å². The fraction of sp³-hybridized carbons (Fsp3) is 0.364. The summed E-state index contributed by atoms with van der Waals surface area (Å²) in [5, 5.41) is 9.49. The third-order valence-corrected chi connectivity index (χ3v) is 7.54. The van der Waals surface area contributed by atoms with Crippen molar-refractivity contribution in [1.82, 2.24) is 9.55 Å². The van der Waals surface area contributed by atoms with Crippen LogP contribution < -0.4 is 10.3 Å². The van der Waals surface area contributed by atoms with Gasteiger partial charge in [0.25, 0.3) is 5.56 Å². The van der Waals surface area contributed by atoms with Crippen LogP contribution in [0.2, 0.25) is 0 Å². The van der Waals surface area contributed by atoms with Crippen LogP contribution in [-0.2, 0) is 12.8 Å². The van der Waals surface area contributed by atoms with E-state index in [4.69, 9.17) is 9.72 Å². The number of allylic oxidation sites excluding steroid dienone is 4. The van der Waals surface area contributed by atoms with Gasteiger partial charge in [0.1, 0.15) is 11.6 Å². The SMILES string of the molecule is CCCc1nc(C)n(-c2ccc(OC3CCCC3)cc2)c(=O)c1Cc1ccc(C2=CCCC=C2C#N)cc1. The topological polar surface area (TPSA) is 67.9 Å². The number of ether oxygens (including phenoxy) is 1. The molecule has 1 aromatic heterocycles. The van der Waals surface area contributed by atoms with Crippen LogP contribution in [0, 0.1) is 18.3 Å². The highest BCUT2D eigenvalue weighted by molar-refractivity contribution is 5.83. The van der Waals surface area contributed by atoms with E-state index in [1.165, 1.54) is 12.8 Å². The molecule has 1 fully saturated rings. The zero-order chi connectivity index (χ0) is 26.5. The standard InChI is InChI=1S/C33H35N3O2/c1-3-8-32-31(21-24-13-15-25(16-14-24)30-12-7-4-9-26(30)22-34)33(37)36(23(2)35-32)27-17-19-29(20-18-27)38-28-10-5-6-11-28/h9,12-20,28H,3-8,10-11,21H2,1-2H3. The third-order valence-electron chi connectivity index (χ3n) is 7.54. The molecular weight excluding hydrogens is 470 g/mol. The van der Waals surface area contributed by atoms with Gasteiger partial charge in [0.15, 0.2) is 0 Å². The van der Waals surface area contributed by atoms with E-state index >= 15 is 0 Å². The Kier molecular flexibility index (Phi) is 7.89. The first-order valence-corrected chi connectivity index (χ1v) is 13.9. The average molecular weight is 506 g/mol. The molecule has 0 aliphatic heterocycles. The minimum absolute atomic E-state index is 0.0147. The Bertz CT molecular complexity index is 1450. The van der Waals surface area contributed by atoms with Crippen LogP contribution >= 0.6 is 0 Å². The van der Waals surface area contributed by atoms with E-state index in [9.17, 15) is 10.1 Å². The summed E-state index contributed by atoms with van der Waals surface area (Å²) in [5.74, 6) is 1.55. The highest BCUT2D eigenvalue weighted by Crippen LogP contribution is 2.29. The Morgan fingerprint density at radius 3 is 2.42 bits per heavy atom. The van der Waals surface area contributed by atoms with Gasteiger partial charge >= 0.3 is 0 Å².